The summed E-state index contributed by atoms with van der Waals surface area (Å²) in [6.07, 6.45) is 1.55. The van der Waals surface area contributed by atoms with Crippen molar-refractivity contribution in [1.29, 1.82) is 0 Å². The minimum Gasteiger partial charge on any atom is -0.384 e. The summed E-state index contributed by atoms with van der Waals surface area (Å²) in [6, 6.07) is 11.2. The fourth-order valence-corrected chi connectivity index (χ4v) is 2.31. The van der Waals surface area contributed by atoms with E-state index in [1.165, 1.54) is 0 Å². The van der Waals surface area contributed by atoms with Crippen LogP contribution in [0, 0.1) is 0 Å². The second kappa shape index (κ2) is 4.90. The Balaban J connectivity index is 1.77. The van der Waals surface area contributed by atoms with E-state index in [1.807, 2.05) is 24.3 Å². The van der Waals surface area contributed by atoms with Crippen LogP contribution in [0.25, 0.3) is 0 Å². The van der Waals surface area contributed by atoms with Gasteiger partial charge in [-0.25, -0.2) is 4.98 Å². The Kier molecular flexibility index (Phi) is 3.09. The number of halogens is 1. The number of amides is 1. The SMILES string of the molecule is O=C(Nc1ccc(Cl)nc1)C1CNc2ccccc21. The number of fused-ring (bicyclic) bond motifs is 1. The van der Waals surface area contributed by atoms with Crippen LogP contribution < -0.4 is 10.6 Å². The molecule has 1 atom stereocenters. The highest BCUT2D eigenvalue weighted by atomic mass is 35.5. The number of pyridine rings is 1. The van der Waals surface area contributed by atoms with Gasteiger partial charge in [-0.3, -0.25) is 4.79 Å². The topological polar surface area (TPSA) is 54.0 Å². The molecule has 2 heterocycles. The number of anilines is 2. The van der Waals surface area contributed by atoms with Gasteiger partial charge in [-0.05, 0) is 23.8 Å². The van der Waals surface area contributed by atoms with E-state index in [0.717, 1.165) is 11.3 Å². The third-order valence-electron chi connectivity index (χ3n) is 3.14. The lowest BCUT2D eigenvalue weighted by Gasteiger charge is -2.10. The molecule has 0 aliphatic carbocycles. The van der Waals surface area contributed by atoms with E-state index >= 15 is 0 Å². The third-order valence-corrected chi connectivity index (χ3v) is 3.37. The number of carbonyl (C=O) groups excluding carboxylic acids is 1. The molecule has 1 unspecified atom stereocenters. The van der Waals surface area contributed by atoms with Crippen molar-refractivity contribution in [3.63, 3.8) is 0 Å². The average Bonchev–Trinajstić information content (AvgIpc) is 2.85. The number of benzene rings is 1. The van der Waals surface area contributed by atoms with Gasteiger partial charge in [-0.15, -0.1) is 0 Å². The highest BCUT2D eigenvalue weighted by Gasteiger charge is 2.28. The van der Waals surface area contributed by atoms with Gasteiger partial charge in [0.05, 0.1) is 17.8 Å². The zero-order valence-corrected chi connectivity index (χ0v) is 10.8. The molecule has 0 radical (unpaired) electrons. The van der Waals surface area contributed by atoms with Crippen LogP contribution in [0.1, 0.15) is 11.5 Å². The molecule has 3 rings (SSSR count). The molecule has 1 amide bonds. The van der Waals surface area contributed by atoms with E-state index in [0.29, 0.717) is 17.4 Å². The van der Waals surface area contributed by atoms with Crippen molar-refractivity contribution in [2.24, 2.45) is 0 Å². The summed E-state index contributed by atoms with van der Waals surface area (Å²) < 4.78 is 0. The molecule has 0 spiro atoms. The number of nitrogens with zero attached hydrogens (tertiary/aromatic N) is 1. The Morgan fingerprint density at radius 1 is 1.32 bits per heavy atom. The first-order valence-corrected chi connectivity index (χ1v) is 6.37. The maximum absolute atomic E-state index is 12.3. The normalized spacial score (nSPS) is 16.6. The molecule has 96 valence electrons. The highest BCUT2D eigenvalue weighted by molar-refractivity contribution is 6.29. The predicted molar refractivity (Wildman–Crippen MR) is 75.5 cm³/mol. The van der Waals surface area contributed by atoms with E-state index in [2.05, 4.69) is 15.6 Å². The van der Waals surface area contributed by atoms with Crippen LogP contribution in [0.2, 0.25) is 5.15 Å². The van der Waals surface area contributed by atoms with Crippen LogP contribution in [-0.2, 0) is 4.79 Å². The van der Waals surface area contributed by atoms with Gasteiger partial charge in [-0.1, -0.05) is 29.8 Å². The monoisotopic (exact) mass is 273 g/mol. The maximum atomic E-state index is 12.3. The zero-order valence-electron chi connectivity index (χ0n) is 10.1. The lowest BCUT2D eigenvalue weighted by molar-refractivity contribution is -0.117. The molecule has 1 aromatic heterocycles. The van der Waals surface area contributed by atoms with Gasteiger partial charge in [0.2, 0.25) is 5.91 Å². The molecule has 2 N–H and O–H groups in total. The number of para-hydroxylation sites is 1. The molecular weight excluding hydrogens is 262 g/mol. The van der Waals surface area contributed by atoms with Crippen LogP contribution in [0.15, 0.2) is 42.6 Å². The lowest BCUT2D eigenvalue weighted by Crippen LogP contribution is -2.22. The second-order valence-corrected chi connectivity index (χ2v) is 4.77. The average molecular weight is 274 g/mol. The minimum absolute atomic E-state index is 0.0402. The van der Waals surface area contributed by atoms with Gasteiger partial charge in [0.1, 0.15) is 5.15 Å². The van der Waals surface area contributed by atoms with Gasteiger partial charge in [0.15, 0.2) is 0 Å². The molecular formula is C14H12ClN3O. The number of aromatic nitrogens is 1. The summed E-state index contributed by atoms with van der Waals surface area (Å²) in [5, 5.41) is 6.49. The number of rotatable bonds is 2. The molecule has 0 saturated carbocycles. The van der Waals surface area contributed by atoms with Crippen LogP contribution in [-0.4, -0.2) is 17.4 Å². The fourth-order valence-electron chi connectivity index (χ4n) is 2.20. The molecule has 0 fully saturated rings. The van der Waals surface area contributed by atoms with E-state index in [1.54, 1.807) is 18.3 Å². The van der Waals surface area contributed by atoms with Gasteiger partial charge in [-0.2, -0.15) is 0 Å². The van der Waals surface area contributed by atoms with Crippen molar-refractivity contribution in [2.75, 3.05) is 17.2 Å². The Labute approximate surface area is 115 Å². The van der Waals surface area contributed by atoms with Crippen molar-refractivity contribution in [2.45, 2.75) is 5.92 Å². The highest BCUT2D eigenvalue weighted by Crippen LogP contribution is 2.31. The first-order chi connectivity index (χ1) is 9.24. The molecule has 5 heteroatoms. The molecule has 2 aromatic rings. The summed E-state index contributed by atoms with van der Waals surface area (Å²) in [7, 11) is 0. The van der Waals surface area contributed by atoms with Gasteiger partial charge >= 0.3 is 0 Å². The predicted octanol–water partition coefficient (Wildman–Crippen LogP) is 2.88. The lowest BCUT2D eigenvalue weighted by atomic mass is 10.0. The molecule has 1 aromatic carbocycles. The molecule has 0 bridgehead atoms. The number of carbonyl (C=O) groups is 1. The van der Waals surface area contributed by atoms with E-state index in [4.69, 9.17) is 11.6 Å². The summed E-state index contributed by atoms with van der Waals surface area (Å²) in [6.45, 7) is 0.617. The Bertz CT molecular complexity index is 612. The first kappa shape index (κ1) is 12.0. The summed E-state index contributed by atoms with van der Waals surface area (Å²) in [4.78, 5) is 16.2. The van der Waals surface area contributed by atoms with Crippen LogP contribution in [0.5, 0.6) is 0 Å². The van der Waals surface area contributed by atoms with Gasteiger partial charge in [0, 0.05) is 12.2 Å². The van der Waals surface area contributed by atoms with E-state index in [9.17, 15) is 4.79 Å². The maximum Gasteiger partial charge on any atom is 0.233 e. The number of hydrogen-bond acceptors (Lipinski definition) is 3. The molecule has 1 aliphatic heterocycles. The Morgan fingerprint density at radius 3 is 2.95 bits per heavy atom. The van der Waals surface area contributed by atoms with Crippen LogP contribution in [0.4, 0.5) is 11.4 Å². The third kappa shape index (κ3) is 2.39. The van der Waals surface area contributed by atoms with E-state index in [-0.39, 0.29) is 11.8 Å². The Morgan fingerprint density at radius 2 is 2.16 bits per heavy atom. The van der Waals surface area contributed by atoms with Gasteiger partial charge < -0.3 is 10.6 Å². The van der Waals surface area contributed by atoms with Crippen LogP contribution in [0.3, 0.4) is 0 Å². The quantitative estimate of drug-likeness (QED) is 0.827. The molecule has 1 aliphatic rings. The first-order valence-electron chi connectivity index (χ1n) is 5.99. The largest absolute Gasteiger partial charge is 0.384 e. The fraction of sp³-hybridized carbons (Fsp3) is 0.143. The van der Waals surface area contributed by atoms with Gasteiger partial charge in [0.25, 0.3) is 0 Å². The zero-order chi connectivity index (χ0) is 13.2. The standard InChI is InChI=1S/C14H12ClN3O/c15-13-6-5-9(7-17-13)18-14(19)11-8-16-12-4-2-1-3-10(11)12/h1-7,11,16H,8H2,(H,18,19). The second-order valence-electron chi connectivity index (χ2n) is 4.38. The van der Waals surface area contributed by atoms with Crippen LogP contribution >= 0.6 is 11.6 Å². The summed E-state index contributed by atoms with van der Waals surface area (Å²) in [5.74, 6) is -0.214. The van der Waals surface area contributed by atoms with Crippen molar-refractivity contribution in [3.8, 4) is 0 Å². The summed E-state index contributed by atoms with van der Waals surface area (Å²) >= 11 is 5.71. The van der Waals surface area contributed by atoms with Crippen molar-refractivity contribution < 1.29 is 4.79 Å². The van der Waals surface area contributed by atoms with E-state index < -0.39 is 0 Å². The van der Waals surface area contributed by atoms with Crippen molar-refractivity contribution in [1.82, 2.24) is 4.98 Å². The van der Waals surface area contributed by atoms with Crippen molar-refractivity contribution in [3.05, 3.63) is 53.3 Å². The van der Waals surface area contributed by atoms with Crippen molar-refractivity contribution >= 4 is 28.9 Å². The Hall–Kier alpha value is -2.07. The number of nitrogens with one attached hydrogen (secondary N) is 2. The molecule has 4 nitrogen and oxygen atoms in total. The molecule has 0 saturated heterocycles. The summed E-state index contributed by atoms with van der Waals surface area (Å²) in [5.41, 5.74) is 2.71. The molecule has 19 heavy (non-hydrogen) atoms. The smallest absolute Gasteiger partial charge is 0.233 e. The number of hydrogen-bond donors (Lipinski definition) is 2. The minimum atomic E-state index is -0.174.